The average molecular weight is 236 g/mol. The number of rotatable bonds is 3. The van der Waals surface area contributed by atoms with Gasteiger partial charge in [0.25, 0.3) is 0 Å². The van der Waals surface area contributed by atoms with Crippen LogP contribution in [-0.4, -0.2) is 11.7 Å². The molecule has 3 aromatic carbocycles. The fourth-order valence-electron chi connectivity index (χ4n) is 2.50. The van der Waals surface area contributed by atoms with Crippen molar-refractivity contribution in [3.63, 3.8) is 0 Å². The third kappa shape index (κ3) is 1.98. The Balaban J connectivity index is 2.15. The van der Waals surface area contributed by atoms with Gasteiger partial charge in [0.2, 0.25) is 0 Å². The third-order valence-corrected chi connectivity index (χ3v) is 3.43. The Morgan fingerprint density at radius 3 is 2.44 bits per heavy atom. The van der Waals surface area contributed by atoms with E-state index in [0.717, 1.165) is 12.8 Å². The van der Waals surface area contributed by atoms with Crippen LogP contribution in [0, 0.1) is 0 Å². The van der Waals surface area contributed by atoms with Crippen LogP contribution < -0.4 is 0 Å². The molecule has 0 radical (unpaired) electrons. The van der Waals surface area contributed by atoms with Gasteiger partial charge in [-0.2, -0.15) is 0 Å². The Kier molecular flexibility index (Phi) is 2.99. The molecule has 0 spiro atoms. The van der Waals surface area contributed by atoms with E-state index in [1.54, 1.807) is 0 Å². The van der Waals surface area contributed by atoms with Crippen LogP contribution in [0.1, 0.15) is 12.0 Å². The molecule has 0 aliphatic heterocycles. The molecule has 0 unspecified atom stereocenters. The summed E-state index contributed by atoms with van der Waals surface area (Å²) in [6.07, 6.45) is 1.78. The summed E-state index contributed by atoms with van der Waals surface area (Å²) in [7, 11) is 0. The van der Waals surface area contributed by atoms with Gasteiger partial charge in [0.15, 0.2) is 0 Å². The number of aryl methyl sites for hydroxylation is 1. The van der Waals surface area contributed by atoms with Gasteiger partial charge >= 0.3 is 0 Å². The summed E-state index contributed by atoms with van der Waals surface area (Å²) >= 11 is 0. The molecule has 0 amide bonds. The Hall–Kier alpha value is -1.86. The van der Waals surface area contributed by atoms with Crippen molar-refractivity contribution in [2.24, 2.45) is 0 Å². The van der Waals surface area contributed by atoms with Crippen LogP contribution in [0.4, 0.5) is 0 Å². The molecule has 90 valence electrons. The minimum Gasteiger partial charge on any atom is -0.396 e. The number of aliphatic hydroxyl groups is 1. The van der Waals surface area contributed by atoms with E-state index >= 15 is 0 Å². The number of hydrogen-bond acceptors (Lipinski definition) is 1. The van der Waals surface area contributed by atoms with Crippen LogP contribution in [0.15, 0.2) is 54.6 Å². The molecule has 0 heterocycles. The maximum Gasteiger partial charge on any atom is 0.0434 e. The zero-order valence-corrected chi connectivity index (χ0v) is 10.3. The summed E-state index contributed by atoms with van der Waals surface area (Å²) in [6.45, 7) is 0.260. The van der Waals surface area contributed by atoms with E-state index in [2.05, 4.69) is 54.6 Å². The SMILES string of the molecule is OCCCc1ccc2c(ccc3ccccc32)c1. The molecule has 0 saturated heterocycles. The van der Waals surface area contributed by atoms with E-state index in [1.807, 2.05) is 0 Å². The molecular weight excluding hydrogens is 220 g/mol. The summed E-state index contributed by atoms with van der Waals surface area (Å²) in [5.41, 5.74) is 1.30. The van der Waals surface area contributed by atoms with Crippen molar-refractivity contribution < 1.29 is 5.11 Å². The Morgan fingerprint density at radius 2 is 1.56 bits per heavy atom. The smallest absolute Gasteiger partial charge is 0.0434 e. The van der Waals surface area contributed by atoms with Gasteiger partial charge in [-0.25, -0.2) is 0 Å². The van der Waals surface area contributed by atoms with Crippen LogP contribution in [0.2, 0.25) is 0 Å². The van der Waals surface area contributed by atoms with Crippen molar-refractivity contribution in [2.45, 2.75) is 12.8 Å². The zero-order valence-electron chi connectivity index (χ0n) is 10.3. The Bertz CT molecular complexity index is 685. The van der Waals surface area contributed by atoms with Crippen molar-refractivity contribution in [2.75, 3.05) is 6.61 Å². The molecule has 1 nitrogen and oxygen atoms in total. The van der Waals surface area contributed by atoms with Gasteiger partial charge in [0.05, 0.1) is 0 Å². The van der Waals surface area contributed by atoms with Gasteiger partial charge in [0.1, 0.15) is 0 Å². The molecular formula is C17H16O. The predicted molar refractivity (Wildman–Crippen MR) is 76.9 cm³/mol. The van der Waals surface area contributed by atoms with Crippen LogP contribution in [0.5, 0.6) is 0 Å². The standard InChI is InChI=1S/C17H16O/c18-11-3-4-13-7-10-17-15(12-13)9-8-14-5-1-2-6-16(14)17/h1-2,5-10,12,18H,3-4,11H2. The van der Waals surface area contributed by atoms with Crippen LogP contribution in [0.3, 0.4) is 0 Å². The number of hydrogen-bond donors (Lipinski definition) is 1. The Labute approximate surface area is 107 Å². The number of aliphatic hydroxyl groups excluding tert-OH is 1. The van der Waals surface area contributed by atoms with Gasteiger partial charge in [-0.3, -0.25) is 0 Å². The fourth-order valence-corrected chi connectivity index (χ4v) is 2.50. The second-order valence-electron chi connectivity index (χ2n) is 4.67. The molecule has 3 aromatic rings. The summed E-state index contributed by atoms with van der Waals surface area (Å²) in [5.74, 6) is 0. The van der Waals surface area contributed by atoms with E-state index in [1.165, 1.54) is 27.1 Å². The maximum absolute atomic E-state index is 8.88. The van der Waals surface area contributed by atoms with Crippen molar-refractivity contribution >= 4 is 21.5 Å². The molecule has 3 rings (SSSR count). The molecule has 0 aliphatic rings. The van der Waals surface area contributed by atoms with E-state index in [9.17, 15) is 0 Å². The second-order valence-corrected chi connectivity index (χ2v) is 4.67. The Morgan fingerprint density at radius 1 is 0.778 bits per heavy atom. The first-order valence-corrected chi connectivity index (χ1v) is 6.40. The van der Waals surface area contributed by atoms with E-state index in [4.69, 9.17) is 5.11 Å². The van der Waals surface area contributed by atoms with Crippen molar-refractivity contribution in [3.8, 4) is 0 Å². The van der Waals surface area contributed by atoms with E-state index in [-0.39, 0.29) is 6.61 Å². The lowest BCUT2D eigenvalue weighted by molar-refractivity contribution is 0.288. The first-order chi connectivity index (χ1) is 8.88. The summed E-state index contributed by atoms with van der Waals surface area (Å²) in [6, 6.07) is 19.4. The molecule has 18 heavy (non-hydrogen) atoms. The summed E-state index contributed by atoms with van der Waals surface area (Å²) < 4.78 is 0. The largest absolute Gasteiger partial charge is 0.396 e. The highest BCUT2D eigenvalue weighted by Gasteiger charge is 2.01. The number of fused-ring (bicyclic) bond motifs is 3. The number of benzene rings is 3. The van der Waals surface area contributed by atoms with Crippen molar-refractivity contribution in [1.82, 2.24) is 0 Å². The lowest BCUT2D eigenvalue weighted by Crippen LogP contribution is -1.89. The zero-order chi connectivity index (χ0) is 12.4. The van der Waals surface area contributed by atoms with E-state index in [0.29, 0.717) is 0 Å². The van der Waals surface area contributed by atoms with Crippen LogP contribution in [-0.2, 0) is 6.42 Å². The highest BCUT2D eigenvalue weighted by Crippen LogP contribution is 2.26. The molecule has 1 heteroatoms. The lowest BCUT2D eigenvalue weighted by Gasteiger charge is -2.06. The monoisotopic (exact) mass is 236 g/mol. The predicted octanol–water partition coefficient (Wildman–Crippen LogP) is 3.92. The van der Waals surface area contributed by atoms with Gasteiger partial charge in [0, 0.05) is 6.61 Å². The molecule has 0 fully saturated rings. The van der Waals surface area contributed by atoms with Gasteiger partial charge < -0.3 is 5.11 Å². The maximum atomic E-state index is 8.88. The van der Waals surface area contributed by atoms with Crippen LogP contribution in [0.25, 0.3) is 21.5 Å². The molecule has 0 bridgehead atoms. The van der Waals surface area contributed by atoms with Crippen molar-refractivity contribution in [1.29, 1.82) is 0 Å². The summed E-state index contributed by atoms with van der Waals surface area (Å²) in [5, 5.41) is 14.1. The molecule has 1 N–H and O–H groups in total. The first kappa shape index (κ1) is 11.2. The normalized spacial score (nSPS) is 11.2. The van der Waals surface area contributed by atoms with Crippen LogP contribution >= 0.6 is 0 Å². The highest BCUT2D eigenvalue weighted by molar-refractivity contribution is 6.07. The quantitative estimate of drug-likeness (QED) is 0.683. The topological polar surface area (TPSA) is 20.2 Å². The first-order valence-electron chi connectivity index (χ1n) is 6.40. The third-order valence-electron chi connectivity index (χ3n) is 3.43. The molecule has 0 atom stereocenters. The highest BCUT2D eigenvalue weighted by atomic mass is 16.2. The average Bonchev–Trinajstić information content (AvgIpc) is 2.44. The van der Waals surface area contributed by atoms with Crippen molar-refractivity contribution in [3.05, 3.63) is 60.2 Å². The molecule has 0 aliphatic carbocycles. The summed E-state index contributed by atoms with van der Waals surface area (Å²) in [4.78, 5) is 0. The lowest BCUT2D eigenvalue weighted by atomic mass is 9.99. The molecule has 0 saturated carbocycles. The van der Waals surface area contributed by atoms with Gasteiger partial charge in [-0.05, 0) is 39.9 Å². The fraction of sp³-hybridized carbons (Fsp3) is 0.176. The minimum atomic E-state index is 0.260. The second kappa shape index (κ2) is 4.79. The minimum absolute atomic E-state index is 0.260. The van der Waals surface area contributed by atoms with E-state index < -0.39 is 0 Å². The molecule has 0 aromatic heterocycles. The van der Waals surface area contributed by atoms with Gasteiger partial charge in [-0.15, -0.1) is 0 Å². The van der Waals surface area contributed by atoms with Gasteiger partial charge in [-0.1, -0.05) is 54.6 Å².